The summed E-state index contributed by atoms with van der Waals surface area (Å²) in [6.07, 6.45) is -4.73. The van der Waals surface area contributed by atoms with Crippen molar-refractivity contribution in [1.82, 2.24) is 4.57 Å². The number of thioether (sulfide) groups is 1. The number of hydrogen-bond donors (Lipinski definition) is 1. The smallest absolute Gasteiger partial charge is 0.418 e. The standard InChI is InChI=1S/C31H23F4N3O6S2/c1-43-20-12-7-15(13-21(20)44-2)23-24-25(28(41)38(27(24)40)17-10-8-16(32)9-11-17)45-29-26(23)46-30(42)37(29)14-22(39)36-19-6-4-3-5-18(19)31(33,34)35/h3-13,23-25H,14H2,1-2H3,(H,36,39)/t23-,24?,25?/m1/s1. The van der Waals surface area contributed by atoms with Crippen molar-refractivity contribution < 1.29 is 41.4 Å². The van der Waals surface area contributed by atoms with Gasteiger partial charge in [0.1, 0.15) is 17.6 Å². The highest BCUT2D eigenvalue weighted by Gasteiger charge is 2.57. The second-order valence-corrected chi connectivity index (χ2v) is 12.5. The van der Waals surface area contributed by atoms with Crippen molar-refractivity contribution in [2.24, 2.45) is 5.92 Å². The normalized spacial score (nSPS) is 19.1. The summed E-state index contributed by atoms with van der Waals surface area (Å²) in [6.45, 7) is -0.649. The van der Waals surface area contributed by atoms with Gasteiger partial charge in [-0.25, -0.2) is 9.29 Å². The molecule has 1 N–H and O–H groups in total. The fourth-order valence-corrected chi connectivity index (χ4v) is 8.45. The number of methoxy groups -OCH3 is 2. The third-order valence-electron chi connectivity index (χ3n) is 7.71. The van der Waals surface area contributed by atoms with Crippen LogP contribution in [0.4, 0.5) is 28.9 Å². The Morgan fingerprint density at radius 2 is 1.63 bits per heavy atom. The van der Waals surface area contributed by atoms with Gasteiger partial charge in [0.15, 0.2) is 11.5 Å². The van der Waals surface area contributed by atoms with E-state index in [-0.39, 0.29) is 10.7 Å². The highest BCUT2D eigenvalue weighted by molar-refractivity contribution is 8.00. The Balaban J connectivity index is 1.43. The van der Waals surface area contributed by atoms with Gasteiger partial charge in [0.2, 0.25) is 17.7 Å². The molecule has 4 aromatic rings. The average molecular weight is 674 g/mol. The van der Waals surface area contributed by atoms with E-state index in [0.29, 0.717) is 21.9 Å². The molecule has 46 heavy (non-hydrogen) atoms. The summed E-state index contributed by atoms with van der Waals surface area (Å²) in [5.41, 5.74) is -0.835. The molecule has 1 fully saturated rings. The lowest BCUT2D eigenvalue weighted by Gasteiger charge is -2.31. The topological polar surface area (TPSA) is 107 Å². The van der Waals surface area contributed by atoms with Crippen LogP contribution in [0.5, 0.6) is 11.5 Å². The highest BCUT2D eigenvalue weighted by Crippen LogP contribution is 2.54. The van der Waals surface area contributed by atoms with E-state index in [1.807, 2.05) is 0 Å². The van der Waals surface area contributed by atoms with Gasteiger partial charge in [-0.2, -0.15) is 13.2 Å². The molecule has 2 unspecified atom stereocenters. The quantitative estimate of drug-likeness (QED) is 0.204. The maximum Gasteiger partial charge on any atom is 0.418 e. The van der Waals surface area contributed by atoms with E-state index in [2.05, 4.69) is 5.32 Å². The van der Waals surface area contributed by atoms with Crippen molar-refractivity contribution in [3.05, 3.63) is 98.2 Å². The van der Waals surface area contributed by atoms with E-state index in [1.165, 1.54) is 38.5 Å². The molecule has 3 atom stereocenters. The van der Waals surface area contributed by atoms with Crippen LogP contribution in [0.2, 0.25) is 0 Å². The molecule has 2 aliphatic heterocycles. The molecule has 0 spiro atoms. The van der Waals surface area contributed by atoms with Gasteiger partial charge in [0.05, 0.1) is 42.1 Å². The second-order valence-electron chi connectivity index (χ2n) is 10.4. The molecular weight excluding hydrogens is 650 g/mol. The van der Waals surface area contributed by atoms with Crippen LogP contribution >= 0.6 is 23.1 Å². The number of thiazole rings is 1. The van der Waals surface area contributed by atoms with Gasteiger partial charge in [0, 0.05) is 10.8 Å². The van der Waals surface area contributed by atoms with Crippen molar-refractivity contribution in [3.8, 4) is 11.5 Å². The van der Waals surface area contributed by atoms with E-state index >= 15 is 0 Å². The highest BCUT2D eigenvalue weighted by atomic mass is 32.2. The van der Waals surface area contributed by atoms with Crippen LogP contribution in [-0.4, -0.2) is 41.8 Å². The van der Waals surface area contributed by atoms with Crippen molar-refractivity contribution >= 4 is 52.2 Å². The summed E-state index contributed by atoms with van der Waals surface area (Å²) < 4.78 is 66.2. The van der Waals surface area contributed by atoms with Crippen molar-refractivity contribution in [1.29, 1.82) is 0 Å². The van der Waals surface area contributed by atoms with Crippen LogP contribution in [0.3, 0.4) is 0 Å². The number of para-hydroxylation sites is 1. The van der Waals surface area contributed by atoms with Gasteiger partial charge >= 0.3 is 11.0 Å². The number of imide groups is 1. The lowest BCUT2D eigenvalue weighted by atomic mass is 9.83. The number of carbonyl (C=O) groups is 3. The first kappa shape index (κ1) is 31.4. The van der Waals surface area contributed by atoms with Gasteiger partial charge in [-0.1, -0.05) is 41.3 Å². The maximum absolute atomic E-state index is 14.0. The number of alkyl halides is 3. The zero-order valence-corrected chi connectivity index (χ0v) is 25.6. The molecule has 2 aliphatic rings. The Labute approximate surface area is 266 Å². The van der Waals surface area contributed by atoms with Crippen LogP contribution in [-0.2, 0) is 27.1 Å². The number of ether oxygens (including phenoxy) is 2. The zero-order valence-electron chi connectivity index (χ0n) is 24.0. The Morgan fingerprint density at radius 1 is 0.935 bits per heavy atom. The first-order valence-electron chi connectivity index (χ1n) is 13.6. The molecule has 9 nitrogen and oxygen atoms in total. The van der Waals surface area contributed by atoms with Crippen LogP contribution in [0, 0.1) is 11.7 Å². The van der Waals surface area contributed by atoms with Crippen LogP contribution in [0.15, 0.2) is 76.6 Å². The van der Waals surface area contributed by atoms with Crippen molar-refractivity contribution in [3.63, 3.8) is 0 Å². The number of hydrogen-bond acceptors (Lipinski definition) is 8. The summed E-state index contributed by atoms with van der Waals surface area (Å²) in [4.78, 5) is 55.1. The van der Waals surface area contributed by atoms with Gasteiger partial charge in [-0.05, 0) is 54.1 Å². The second kappa shape index (κ2) is 11.9. The number of fused-ring (bicyclic) bond motifs is 2. The Hall–Kier alpha value is -4.63. The first-order chi connectivity index (χ1) is 21.9. The Kier molecular flexibility index (Phi) is 8.14. The number of aromatic nitrogens is 1. The maximum atomic E-state index is 14.0. The first-order valence-corrected chi connectivity index (χ1v) is 15.3. The van der Waals surface area contributed by atoms with E-state index in [4.69, 9.17) is 9.47 Å². The van der Waals surface area contributed by atoms with Gasteiger partial charge < -0.3 is 14.8 Å². The molecule has 0 aliphatic carbocycles. The summed E-state index contributed by atoms with van der Waals surface area (Å²) in [5, 5.41) is 1.43. The molecule has 0 bridgehead atoms. The minimum absolute atomic E-state index is 0.168. The molecule has 0 radical (unpaired) electrons. The third-order valence-corrected chi connectivity index (χ3v) is 10.3. The summed E-state index contributed by atoms with van der Waals surface area (Å²) >= 11 is 1.70. The number of benzene rings is 3. The molecule has 1 aromatic heterocycles. The minimum atomic E-state index is -4.73. The number of nitrogens with zero attached hydrogens (tertiary/aromatic N) is 2. The number of halogens is 4. The largest absolute Gasteiger partial charge is 0.493 e. The lowest BCUT2D eigenvalue weighted by Crippen LogP contribution is -2.33. The molecule has 1 saturated heterocycles. The Morgan fingerprint density at radius 3 is 2.30 bits per heavy atom. The number of rotatable bonds is 7. The third kappa shape index (κ3) is 5.42. The number of anilines is 2. The SMILES string of the molecule is COc1ccc([C@H]2c3sc(=O)n(CC(=O)Nc4ccccc4C(F)(F)F)c3SC3C(=O)N(c4ccc(F)cc4)C(=O)C32)cc1OC. The lowest BCUT2D eigenvalue weighted by molar-refractivity contribution is -0.137. The van der Waals surface area contributed by atoms with E-state index in [1.54, 1.807) is 18.2 Å². The van der Waals surface area contributed by atoms with Gasteiger partial charge in [-0.15, -0.1) is 0 Å². The molecule has 15 heteroatoms. The van der Waals surface area contributed by atoms with Crippen LogP contribution in [0.25, 0.3) is 0 Å². The van der Waals surface area contributed by atoms with Crippen LogP contribution < -0.4 is 24.6 Å². The predicted octanol–water partition coefficient (Wildman–Crippen LogP) is 5.52. The molecule has 3 aromatic carbocycles. The van der Waals surface area contributed by atoms with Crippen molar-refractivity contribution in [2.75, 3.05) is 24.4 Å². The van der Waals surface area contributed by atoms with Crippen LogP contribution in [0.1, 0.15) is 21.9 Å². The molecule has 0 saturated carbocycles. The van der Waals surface area contributed by atoms with E-state index in [9.17, 15) is 36.7 Å². The van der Waals surface area contributed by atoms with Gasteiger partial charge in [0.25, 0.3) is 0 Å². The molecule has 6 rings (SSSR count). The number of amides is 3. The Bertz CT molecular complexity index is 1920. The number of nitrogens with one attached hydrogen (secondary N) is 1. The molecular formula is C31H23F4N3O6S2. The zero-order chi connectivity index (χ0) is 32.9. The molecule has 3 heterocycles. The molecule has 3 amide bonds. The minimum Gasteiger partial charge on any atom is -0.493 e. The monoisotopic (exact) mass is 673 g/mol. The summed E-state index contributed by atoms with van der Waals surface area (Å²) in [5.74, 6) is -3.73. The van der Waals surface area contributed by atoms with Crippen molar-refractivity contribution in [2.45, 2.75) is 28.9 Å². The number of carbonyl (C=O) groups excluding carboxylic acids is 3. The van der Waals surface area contributed by atoms with E-state index < -0.39 is 69.5 Å². The summed E-state index contributed by atoms with van der Waals surface area (Å²) in [7, 11) is 2.88. The fourth-order valence-electron chi connectivity index (χ4n) is 5.68. The predicted molar refractivity (Wildman–Crippen MR) is 162 cm³/mol. The molecule has 238 valence electrons. The average Bonchev–Trinajstić information content (AvgIpc) is 3.47. The fraction of sp³-hybridized carbons (Fsp3) is 0.226. The van der Waals surface area contributed by atoms with E-state index in [0.717, 1.165) is 56.8 Å². The van der Waals surface area contributed by atoms with Gasteiger partial charge in [-0.3, -0.25) is 23.7 Å². The summed E-state index contributed by atoms with van der Waals surface area (Å²) in [6, 6.07) is 14.3.